The number of nitrogens with zero attached hydrogens (tertiary/aromatic N) is 1. The van der Waals surface area contributed by atoms with Crippen LogP contribution in [0.4, 0.5) is 5.69 Å². The highest BCUT2D eigenvalue weighted by Crippen LogP contribution is 2.26. The van der Waals surface area contributed by atoms with Crippen LogP contribution in [0.2, 0.25) is 5.02 Å². The highest BCUT2D eigenvalue weighted by molar-refractivity contribution is 7.89. The van der Waals surface area contributed by atoms with Crippen LogP contribution in [0.1, 0.15) is 19.3 Å². The van der Waals surface area contributed by atoms with Gasteiger partial charge in [-0.1, -0.05) is 24.1 Å². The van der Waals surface area contributed by atoms with Crippen molar-refractivity contribution in [2.75, 3.05) is 31.9 Å². The minimum Gasteiger partial charge on any atom is -0.398 e. The van der Waals surface area contributed by atoms with E-state index in [-0.39, 0.29) is 15.6 Å². The van der Waals surface area contributed by atoms with Gasteiger partial charge in [0.15, 0.2) is 0 Å². The predicted octanol–water partition coefficient (Wildman–Crippen LogP) is 1.69. The SMILES string of the molecule is Nc1cccc(Cl)c1S(=O)(=O)NCCN1CCCCC1. The molecule has 0 atom stereocenters. The lowest BCUT2D eigenvalue weighted by Crippen LogP contribution is -2.37. The van der Waals surface area contributed by atoms with Gasteiger partial charge in [-0.05, 0) is 38.1 Å². The van der Waals surface area contributed by atoms with E-state index in [2.05, 4.69) is 9.62 Å². The predicted molar refractivity (Wildman–Crippen MR) is 81.3 cm³/mol. The Hall–Kier alpha value is -0.820. The highest BCUT2D eigenvalue weighted by atomic mass is 35.5. The van der Waals surface area contributed by atoms with Crippen LogP contribution in [-0.4, -0.2) is 39.5 Å². The monoisotopic (exact) mass is 317 g/mol. The van der Waals surface area contributed by atoms with Crippen LogP contribution < -0.4 is 10.5 Å². The summed E-state index contributed by atoms with van der Waals surface area (Å²) >= 11 is 5.93. The maximum atomic E-state index is 12.2. The van der Waals surface area contributed by atoms with E-state index in [0.717, 1.165) is 13.1 Å². The van der Waals surface area contributed by atoms with Crippen LogP contribution in [0.25, 0.3) is 0 Å². The van der Waals surface area contributed by atoms with Crippen LogP contribution in [0.3, 0.4) is 0 Å². The molecule has 1 fully saturated rings. The average molecular weight is 318 g/mol. The number of piperidine rings is 1. The molecule has 1 aliphatic rings. The molecule has 0 unspecified atom stereocenters. The number of hydrogen-bond acceptors (Lipinski definition) is 4. The molecule has 0 aromatic heterocycles. The molecule has 1 aromatic rings. The third-order valence-corrected chi connectivity index (χ3v) is 5.44. The van der Waals surface area contributed by atoms with Crippen molar-refractivity contribution in [1.29, 1.82) is 0 Å². The van der Waals surface area contributed by atoms with Gasteiger partial charge in [0, 0.05) is 13.1 Å². The van der Waals surface area contributed by atoms with Gasteiger partial charge in [-0.25, -0.2) is 13.1 Å². The minimum absolute atomic E-state index is 0.0275. The Bertz CT molecular complexity index is 536. The van der Waals surface area contributed by atoms with Gasteiger partial charge in [-0.3, -0.25) is 0 Å². The Morgan fingerprint density at radius 1 is 1.25 bits per heavy atom. The Morgan fingerprint density at radius 3 is 2.60 bits per heavy atom. The van der Waals surface area contributed by atoms with Crippen molar-refractivity contribution in [3.8, 4) is 0 Å². The van der Waals surface area contributed by atoms with Crippen molar-refractivity contribution < 1.29 is 8.42 Å². The van der Waals surface area contributed by atoms with Crippen molar-refractivity contribution in [3.63, 3.8) is 0 Å². The van der Waals surface area contributed by atoms with Crippen LogP contribution >= 0.6 is 11.6 Å². The molecule has 1 heterocycles. The molecule has 20 heavy (non-hydrogen) atoms. The summed E-state index contributed by atoms with van der Waals surface area (Å²) in [6, 6.07) is 4.69. The fraction of sp³-hybridized carbons (Fsp3) is 0.538. The molecule has 3 N–H and O–H groups in total. The number of nitrogens with one attached hydrogen (secondary N) is 1. The highest BCUT2D eigenvalue weighted by Gasteiger charge is 2.21. The summed E-state index contributed by atoms with van der Waals surface area (Å²) in [6.45, 7) is 3.16. The summed E-state index contributed by atoms with van der Waals surface area (Å²) in [4.78, 5) is 2.24. The maximum Gasteiger partial charge on any atom is 0.244 e. The number of benzene rings is 1. The van der Waals surface area contributed by atoms with E-state index < -0.39 is 10.0 Å². The number of anilines is 1. The van der Waals surface area contributed by atoms with Gasteiger partial charge in [0.05, 0.1) is 10.7 Å². The summed E-state index contributed by atoms with van der Waals surface area (Å²) < 4.78 is 27.0. The van der Waals surface area contributed by atoms with E-state index in [1.54, 1.807) is 6.07 Å². The lowest BCUT2D eigenvalue weighted by atomic mass is 10.1. The molecule has 2 rings (SSSR count). The molecule has 112 valence electrons. The molecule has 5 nitrogen and oxygen atoms in total. The first kappa shape index (κ1) is 15.6. The maximum absolute atomic E-state index is 12.2. The standard InChI is InChI=1S/C13H20ClN3O2S/c14-11-5-4-6-12(15)13(11)20(18,19)16-7-10-17-8-2-1-3-9-17/h4-6,16H,1-3,7-10,15H2. The minimum atomic E-state index is -3.66. The van der Waals surface area contributed by atoms with Crippen molar-refractivity contribution in [3.05, 3.63) is 23.2 Å². The molecule has 0 bridgehead atoms. The third kappa shape index (κ3) is 3.85. The van der Waals surface area contributed by atoms with E-state index >= 15 is 0 Å². The van der Waals surface area contributed by atoms with Crippen molar-refractivity contribution >= 4 is 27.3 Å². The Morgan fingerprint density at radius 2 is 1.95 bits per heavy atom. The first-order chi connectivity index (χ1) is 9.50. The van der Waals surface area contributed by atoms with Crippen LogP contribution in [0.15, 0.2) is 23.1 Å². The second-order valence-electron chi connectivity index (χ2n) is 4.96. The molecule has 1 aromatic carbocycles. The first-order valence-corrected chi connectivity index (χ1v) is 8.63. The molecular formula is C13H20ClN3O2S. The molecule has 0 saturated carbocycles. The Labute approximate surface area is 125 Å². The molecule has 1 aliphatic heterocycles. The number of likely N-dealkylation sites (tertiary alicyclic amines) is 1. The first-order valence-electron chi connectivity index (χ1n) is 6.77. The zero-order valence-electron chi connectivity index (χ0n) is 11.3. The number of halogens is 1. The number of sulfonamides is 1. The molecule has 0 radical (unpaired) electrons. The molecule has 0 amide bonds. The fourth-order valence-corrected chi connectivity index (χ4v) is 4.10. The van der Waals surface area contributed by atoms with Gasteiger partial charge in [0.2, 0.25) is 10.0 Å². The van der Waals surface area contributed by atoms with Crippen LogP contribution in [0, 0.1) is 0 Å². The summed E-state index contributed by atoms with van der Waals surface area (Å²) in [5.74, 6) is 0. The average Bonchev–Trinajstić information content (AvgIpc) is 2.39. The number of rotatable bonds is 5. The van der Waals surface area contributed by atoms with Gasteiger partial charge in [-0.15, -0.1) is 0 Å². The summed E-state index contributed by atoms with van der Waals surface area (Å²) in [5, 5.41) is 0.149. The second-order valence-corrected chi connectivity index (χ2v) is 7.07. The van der Waals surface area contributed by atoms with E-state index in [9.17, 15) is 8.42 Å². The normalized spacial score (nSPS) is 17.2. The molecule has 1 saturated heterocycles. The quantitative estimate of drug-likeness (QED) is 0.810. The van der Waals surface area contributed by atoms with Gasteiger partial charge in [0.1, 0.15) is 4.90 Å². The largest absolute Gasteiger partial charge is 0.398 e. The van der Waals surface area contributed by atoms with Crippen molar-refractivity contribution in [2.45, 2.75) is 24.2 Å². The van der Waals surface area contributed by atoms with Gasteiger partial charge in [-0.2, -0.15) is 0 Å². The smallest absolute Gasteiger partial charge is 0.244 e. The van der Waals surface area contributed by atoms with Crippen molar-refractivity contribution in [1.82, 2.24) is 9.62 Å². The van der Waals surface area contributed by atoms with E-state index in [4.69, 9.17) is 17.3 Å². The number of nitrogens with two attached hydrogens (primary N) is 1. The van der Waals surface area contributed by atoms with E-state index in [1.807, 2.05) is 0 Å². The zero-order chi connectivity index (χ0) is 14.6. The summed E-state index contributed by atoms with van der Waals surface area (Å²) in [7, 11) is -3.66. The number of nitrogen functional groups attached to an aromatic ring is 1. The molecule has 7 heteroatoms. The van der Waals surface area contributed by atoms with Gasteiger partial charge >= 0.3 is 0 Å². The van der Waals surface area contributed by atoms with Gasteiger partial charge in [0.25, 0.3) is 0 Å². The summed E-state index contributed by atoms with van der Waals surface area (Å²) in [5.41, 5.74) is 5.88. The van der Waals surface area contributed by atoms with Crippen LogP contribution in [-0.2, 0) is 10.0 Å². The fourth-order valence-electron chi connectivity index (χ4n) is 2.40. The molecule has 0 spiro atoms. The third-order valence-electron chi connectivity index (χ3n) is 3.43. The Kier molecular flexibility index (Phi) is 5.26. The molecular weight excluding hydrogens is 298 g/mol. The Balaban J connectivity index is 1.97. The van der Waals surface area contributed by atoms with Gasteiger partial charge < -0.3 is 10.6 Å². The second kappa shape index (κ2) is 6.76. The van der Waals surface area contributed by atoms with E-state index in [0.29, 0.717) is 13.1 Å². The summed E-state index contributed by atoms with van der Waals surface area (Å²) in [6.07, 6.45) is 3.63. The lowest BCUT2D eigenvalue weighted by Gasteiger charge is -2.26. The molecule has 0 aliphatic carbocycles. The number of hydrogen-bond donors (Lipinski definition) is 2. The topological polar surface area (TPSA) is 75.4 Å². The zero-order valence-corrected chi connectivity index (χ0v) is 12.9. The van der Waals surface area contributed by atoms with E-state index in [1.165, 1.54) is 31.4 Å². The van der Waals surface area contributed by atoms with Crippen molar-refractivity contribution in [2.24, 2.45) is 0 Å². The van der Waals surface area contributed by atoms with Crippen LogP contribution in [0.5, 0.6) is 0 Å². The lowest BCUT2D eigenvalue weighted by molar-refractivity contribution is 0.233.